The van der Waals surface area contributed by atoms with Gasteiger partial charge in [0.05, 0.1) is 5.41 Å². The van der Waals surface area contributed by atoms with Crippen LogP contribution in [0.15, 0.2) is 0 Å². The van der Waals surface area contributed by atoms with Gasteiger partial charge in [-0.3, -0.25) is 9.59 Å². The van der Waals surface area contributed by atoms with E-state index in [1.165, 1.54) is 12.8 Å². The molecule has 1 atom stereocenters. The Labute approximate surface area is 114 Å². The fourth-order valence-corrected chi connectivity index (χ4v) is 4.12. The lowest BCUT2D eigenvalue weighted by Gasteiger charge is -2.34. The van der Waals surface area contributed by atoms with Crippen LogP contribution in [0, 0.1) is 10.8 Å². The molecule has 0 aromatic heterocycles. The third-order valence-corrected chi connectivity index (χ3v) is 5.46. The van der Waals surface area contributed by atoms with Crippen molar-refractivity contribution in [2.45, 2.75) is 51.9 Å². The summed E-state index contributed by atoms with van der Waals surface area (Å²) in [6.07, 6.45) is 7.21. The largest absolute Gasteiger partial charge is 0.356 e. The van der Waals surface area contributed by atoms with E-state index < -0.39 is 0 Å². The van der Waals surface area contributed by atoms with Gasteiger partial charge in [0.2, 0.25) is 11.8 Å². The maximum absolute atomic E-state index is 12.7. The van der Waals surface area contributed by atoms with Gasteiger partial charge in [-0.2, -0.15) is 0 Å². The third kappa shape index (κ3) is 2.05. The van der Waals surface area contributed by atoms with Crippen LogP contribution in [0.5, 0.6) is 0 Å². The van der Waals surface area contributed by atoms with E-state index in [-0.39, 0.29) is 16.7 Å². The van der Waals surface area contributed by atoms with Crippen LogP contribution in [-0.2, 0) is 9.59 Å². The third-order valence-electron chi connectivity index (χ3n) is 5.46. The Balaban J connectivity index is 1.71. The molecule has 4 heteroatoms. The molecule has 0 radical (unpaired) electrons. The first kappa shape index (κ1) is 12.9. The number of likely N-dealkylation sites (tertiary alicyclic amines) is 1. The summed E-state index contributed by atoms with van der Waals surface area (Å²) in [5, 5.41) is 2.98. The Morgan fingerprint density at radius 2 is 1.89 bits per heavy atom. The Hall–Kier alpha value is -1.06. The molecule has 3 aliphatic rings. The first-order valence-electron chi connectivity index (χ1n) is 7.64. The van der Waals surface area contributed by atoms with Gasteiger partial charge in [0, 0.05) is 25.0 Å². The van der Waals surface area contributed by atoms with Gasteiger partial charge in [-0.05, 0) is 32.1 Å². The van der Waals surface area contributed by atoms with E-state index in [0.717, 1.165) is 45.2 Å². The van der Waals surface area contributed by atoms with Crippen LogP contribution in [0.3, 0.4) is 0 Å². The van der Waals surface area contributed by atoms with Gasteiger partial charge < -0.3 is 10.2 Å². The summed E-state index contributed by atoms with van der Waals surface area (Å²) >= 11 is 0. The summed E-state index contributed by atoms with van der Waals surface area (Å²) in [6.45, 7) is 4.32. The molecule has 2 heterocycles. The fraction of sp³-hybridized carbons (Fsp3) is 0.867. The number of carbonyl (C=O) groups is 2. The maximum Gasteiger partial charge on any atom is 0.228 e. The molecule has 0 aromatic carbocycles. The van der Waals surface area contributed by atoms with Crippen molar-refractivity contribution in [3.8, 4) is 0 Å². The Morgan fingerprint density at radius 1 is 1.16 bits per heavy atom. The zero-order valence-electron chi connectivity index (χ0n) is 11.8. The summed E-state index contributed by atoms with van der Waals surface area (Å²) in [5.41, 5.74) is -0.431. The molecule has 1 aliphatic carbocycles. The normalized spacial score (nSPS) is 33.7. The molecule has 1 spiro atoms. The molecule has 1 saturated carbocycles. The summed E-state index contributed by atoms with van der Waals surface area (Å²) in [7, 11) is 0. The van der Waals surface area contributed by atoms with Crippen molar-refractivity contribution in [3.63, 3.8) is 0 Å². The first-order valence-corrected chi connectivity index (χ1v) is 7.64. The lowest BCUT2D eigenvalue weighted by atomic mass is 9.79. The van der Waals surface area contributed by atoms with Crippen LogP contribution in [0.4, 0.5) is 0 Å². The highest BCUT2D eigenvalue weighted by molar-refractivity contribution is 5.87. The van der Waals surface area contributed by atoms with Crippen molar-refractivity contribution >= 4 is 11.8 Å². The van der Waals surface area contributed by atoms with Crippen LogP contribution in [0.25, 0.3) is 0 Å². The molecular weight excluding hydrogens is 240 g/mol. The van der Waals surface area contributed by atoms with Crippen LogP contribution in [0.2, 0.25) is 0 Å². The molecule has 3 fully saturated rings. The van der Waals surface area contributed by atoms with Crippen molar-refractivity contribution in [3.05, 3.63) is 0 Å². The second-order valence-electron chi connectivity index (χ2n) is 6.88. The highest BCUT2D eigenvalue weighted by Gasteiger charge is 2.49. The van der Waals surface area contributed by atoms with Crippen LogP contribution in [0.1, 0.15) is 51.9 Å². The average molecular weight is 264 g/mol. The molecule has 4 nitrogen and oxygen atoms in total. The van der Waals surface area contributed by atoms with Gasteiger partial charge in [-0.1, -0.05) is 19.8 Å². The molecule has 2 aliphatic heterocycles. The summed E-state index contributed by atoms with van der Waals surface area (Å²) < 4.78 is 0. The van der Waals surface area contributed by atoms with E-state index in [1.807, 2.05) is 4.90 Å². The molecule has 2 amide bonds. The van der Waals surface area contributed by atoms with Crippen LogP contribution in [-0.4, -0.2) is 36.3 Å². The van der Waals surface area contributed by atoms with Gasteiger partial charge in [-0.25, -0.2) is 0 Å². The minimum absolute atomic E-state index is 0.156. The predicted octanol–water partition coefficient (Wildman–Crippen LogP) is 1.70. The van der Waals surface area contributed by atoms with E-state index in [2.05, 4.69) is 12.2 Å². The predicted molar refractivity (Wildman–Crippen MR) is 72.4 cm³/mol. The van der Waals surface area contributed by atoms with E-state index in [9.17, 15) is 9.59 Å². The fourth-order valence-electron chi connectivity index (χ4n) is 4.12. The number of nitrogens with one attached hydrogen (secondary N) is 1. The molecule has 2 saturated heterocycles. The summed E-state index contributed by atoms with van der Waals surface area (Å²) in [6, 6.07) is 0. The molecule has 0 bridgehead atoms. The van der Waals surface area contributed by atoms with Crippen LogP contribution >= 0.6 is 0 Å². The van der Waals surface area contributed by atoms with Crippen molar-refractivity contribution in [2.75, 3.05) is 19.6 Å². The lowest BCUT2D eigenvalue weighted by Crippen LogP contribution is -2.49. The number of rotatable bonds is 1. The Morgan fingerprint density at radius 3 is 2.58 bits per heavy atom. The smallest absolute Gasteiger partial charge is 0.228 e. The number of carbonyl (C=O) groups excluding carboxylic acids is 2. The zero-order chi connectivity index (χ0) is 13.5. The molecule has 0 aromatic rings. The lowest BCUT2D eigenvalue weighted by molar-refractivity contribution is -0.141. The summed E-state index contributed by atoms with van der Waals surface area (Å²) in [5.74, 6) is 0.464. The van der Waals surface area contributed by atoms with E-state index in [4.69, 9.17) is 0 Å². The van der Waals surface area contributed by atoms with Crippen molar-refractivity contribution in [1.82, 2.24) is 10.2 Å². The molecule has 1 unspecified atom stereocenters. The Kier molecular flexibility index (Phi) is 3.06. The number of piperidine rings is 1. The number of nitrogens with zero attached hydrogens (tertiary/aromatic N) is 1. The zero-order valence-corrected chi connectivity index (χ0v) is 11.8. The van der Waals surface area contributed by atoms with E-state index in [1.54, 1.807) is 0 Å². The molecule has 1 N–H and O–H groups in total. The van der Waals surface area contributed by atoms with Gasteiger partial charge >= 0.3 is 0 Å². The first-order chi connectivity index (χ1) is 9.06. The minimum atomic E-state index is -0.275. The number of hydrogen-bond acceptors (Lipinski definition) is 2. The number of hydrogen-bond donors (Lipinski definition) is 1. The molecule has 106 valence electrons. The average Bonchev–Trinajstić information content (AvgIpc) is 3.01. The molecular formula is C15H24N2O2. The second kappa shape index (κ2) is 4.50. The second-order valence-corrected chi connectivity index (χ2v) is 6.88. The van der Waals surface area contributed by atoms with E-state index >= 15 is 0 Å². The van der Waals surface area contributed by atoms with E-state index in [0.29, 0.717) is 12.5 Å². The van der Waals surface area contributed by atoms with Crippen molar-refractivity contribution < 1.29 is 9.59 Å². The highest BCUT2D eigenvalue weighted by atomic mass is 16.2. The minimum Gasteiger partial charge on any atom is -0.356 e. The standard InChI is InChI=1S/C15H24N2O2/c1-14(5-2-3-6-14)13(19)17-10-8-15(11-17)7-4-9-16-12(15)18/h2-11H2,1H3,(H,16,18). The summed E-state index contributed by atoms with van der Waals surface area (Å²) in [4.78, 5) is 26.8. The number of amides is 2. The maximum atomic E-state index is 12.7. The van der Waals surface area contributed by atoms with Crippen molar-refractivity contribution in [2.24, 2.45) is 10.8 Å². The van der Waals surface area contributed by atoms with Gasteiger partial charge in [-0.15, -0.1) is 0 Å². The molecule has 3 rings (SSSR count). The van der Waals surface area contributed by atoms with Gasteiger partial charge in [0.25, 0.3) is 0 Å². The van der Waals surface area contributed by atoms with Crippen LogP contribution < -0.4 is 5.32 Å². The Bertz CT molecular complexity index is 401. The van der Waals surface area contributed by atoms with Gasteiger partial charge in [0.1, 0.15) is 0 Å². The highest BCUT2D eigenvalue weighted by Crippen LogP contribution is 2.43. The van der Waals surface area contributed by atoms with Gasteiger partial charge in [0.15, 0.2) is 0 Å². The molecule has 19 heavy (non-hydrogen) atoms. The van der Waals surface area contributed by atoms with Crippen molar-refractivity contribution in [1.29, 1.82) is 0 Å². The monoisotopic (exact) mass is 264 g/mol. The SMILES string of the molecule is CC1(C(=O)N2CCC3(CCCNC3=O)C2)CCCC1. The topological polar surface area (TPSA) is 49.4 Å². The quantitative estimate of drug-likeness (QED) is 0.783.